The van der Waals surface area contributed by atoms with Gasteiger partial charge in [-0.15, -0.1) is 11.3 Å². The molecule has 0 aliphatic carbocycles. The summed E-state index contributed by atoms with van der Waals surface area (Å²) in [5, 5.41) is 0.967. The van der Waals surface area contributed by atoms with Crippen molar-refractivity contribution in [2.45, 2.75) is 39.5 Å². The average molecular weight is 436 g/mol. The van der Waals surface area contributed by atoms with Crippen molar-refractivity contribution in [2.75, 3.05) is 7.11 Å². The fourth-order valence-electron chi connectivity index (χ4n) is 3.04. The van der Waals surface area contributed by atoms with Crippen LogP contribution < -0.4 is 4.74 Å². The maximum Gasteiger partial charge on any atom is 0.416 e. The van der Waals surface area contributed by atoms with Crippen LogP contribution in [-0.4, -0.2) is 13.1 Å². The van der Waals surface area contributed by atoms with Crippen LogP contribution in [0.1, 0.15) is 46.6 Å². The van der Waals surface area contributed by atoms with E-state index in [0.29, 0.717) is 22.8 Å². The van der Waals surface area contributed by atoms with E-state index in [0.717, 1.165) is 35.1 Å². The topological polar surface area (TPSA) is 35.5 Å². The molecule has 0 fully saturated rings. The molecule has 0 N–H and O–H groups in total. The highest BCUT2D eigenvalue weighted by Gasteiger charge is 2.30. The van der Waals surface area contributed by atoms with Gasteiger partial charge in [0.2, 0.25) is 0 Å². The molecule has 0 bridgehead atoms. The lowest BCUT2D eigenvalue weighted by atomic mass is 10.1. The van der Waals surface area contributed by atoms with Crippen LogP contribution in [0, 0.1) is 5.92 Å². The van der Waals surface area contributed by atoms with Gasteiger partial charge in [-0.2, -0.15) is 13.2 Å². The summed E-state index contributed by atoms with van der Waals surface area (Å²) >= 11 is 1.57. The zero-order valence-corrected chi connectivity index (χ0v) is 17.8. The van der Waals surface area contributed by atoms with Crippen LogP contribution in [-0.2, 0) is 23.9 Å². The lowest BCUT2D eigenvalue weighted by Gasteiger charge is -2.12. The Morgan fingerprint density at radius 1 is 1.10 bits per heavy atom. The number of hydrogen-bond donors (Lipinski definition) is 0. The van der Waals surface area contributed by atoms with Crippen molar-refractivity contribution in [1.29, 1.82) is 0 Å². The van der Waals surface area contributed by atoms with Crippen molar-refractivity contribution in [3.8, 4) is 5.75 Å². The maximum absolute atomic E-state index is 12.8. The number of benzene rings is 2. The van der Waals surface area contributed by atoms with Crippen LogP contribution in [0.15, 0.2) is 42.5 Å². The Bertz CT molecular complexity index is 1020. The summed E-state index contributed by atoms with van der Waals surface area (Å²) in [6, 6.07) is 10.4. The molecule has 1 heterocycles. The first-order valence-electron chi connectivity index (χ1n) is 9.61. The summed E-state index contributed by atoms with van der Waals surface area (Å²) in [5.74, 6) is 0.465. The lowest BCUT2D eigenvalue weighted by Crippen LogP contribution is -2.07. The molecule has 3 aromatic rings. The van der Waals surface area contributed by atoms with Crippen molar-refractivity contribution in [3.63, 3.8) is 0 Å². The molecular weight excluding hydrogens is 413 g/mol. The van der Waals surface area contributed by atoms with Gasteiger partial charge >= 0.3 is 12.1 Å². The molecule has 0 aliphatic heterocycles. The highest BCUT2D eigenvalue weighted by Crippen LogP contribution is 2.38. The van der Waals surface area contributed by atoms with Gasteiger partial charge in [-0.25, -0.2) is 4.79 Å². The second kappa shape index (κ2) is 9.08. The van der Waals surface area contributed by atoms with E-state index in [1.807, 2.05) is 6.07 Å². The number of alkyl halides is 3. The SMILES string of the molecule is COC(=O)c1ccc2cc(CCC(C)C)sc2c1OCc1ccc(C(F)(F)F)cc1. The molecule has 0 saturated heterocycles. The monoisotopic (exact) mass is 436 g/mol. The third kappa shape index (κ3) is 5.14. The molecule has 0 radical (unpaired) electrons. The Kier molecular flexibility index (Phi) is 6.71. The maximum atomic E-state index is 12.8. The number of aryl methyl sites for hydroxylation is 1. The molecule has 0 unspecified atom stereocenters. The normalized spacial score (nSPS) is 11.8. The summed E-state index contributed by atoms with van der Waals surface area (Å²) in [5.41, 5.74) is 0.165. The number of ether oxygens (including phenoxy) is 2. The highest BCUT2D eigenvalue weighted by molar-refractivity contribution is 7.19. The quantitative estimate of drug-likeness (QED) is 0.379. The minimum absolute atomic E-state index is 0.0421. The van der Waals surface area contributed by atoms with E-state index in [1.54, 1.807) is 17.4 Å². The van der Waals surface area contributed by atoms with Gasteiger partial charge < -0.3 is 9.47 Å². The largest absolute Gasteiger partial charge is 0.486 e. The van der Waals surface area contributed by atoms with E-state index in [9.17, 15) is 18.0 Å². The third-order valence-corrected chi connectivity index (χ3v) is 5.94. The van der Waals surface area contributed by atoms with Crippen molar-refractivity contribution in [2.24, 2.45) is 5.92 Å². The molecule has 3 rings (SSSR count). The molecule has 7 heteroatoms. The number of methoxy groups -OCH3 is 1. The number of hydrogen-bond acceptors (Lipinski definition) is 4. The summed E-state index contributed by atoms with van der Waals surface area (Å²) in [6.07, 6.45) is -2.40. The highest BCUT2D eigenvalue weighted by atomic mass is 32.1. The molecule has 160 valence electrons. The Morgan fingerprint density at radius 2 is 1.80 bits per heavy atom. The van der Waals surface area contributed by atoms with Gasteiger partial charge in [0.1, 0.15) is 12.2 Å². The number of halogens is 3. The second-order valence-electron chi connectivity index (χ2n) is 7.48. The van der Waals surface area contributed by atoms with Crippen molar-refractivity contribution in [1.82, 2.24) is 0 Å². The number of carbonyl (C=O) groups is 1. The minimum atomic E-state index is -4.38. The standard InChI is InChI=1S/C23H23F3O3S/c1-14(2)4-10-18-12-16-7-11-19(22(27)28-3)20(21(16)30-18)29-13-15-5-8-17(9-6-15)23(24,25)26/h5-9,11-12,14H,4,10,13H2,1-3H3. The first-order chi connectivity index (χ1) is 14.2. The van der Waals surface area contributed by atoms with Crippen molar-refractivity contribution >= 4 is 27.4 Å². The molecule has 1 aromatic heterocycles. The van der Waals surface area contributed by atoms with E-state index in [-0.39, 0.29) is 6.61 Å². The average Bonchev–Trinajstić information content (AvgIpc) is 3.13. The number of carbonyl (C=O) groups excluding carboxylic acids is 1. The number of fused-ring (bicyclic) bond motifs is 1. The van der Waals surface area contributed by atoms with Crippen LogP contribution in [0.2, 0.25) is 0 Å². The fraction of sp³-hybridized carbons (Fsp3) is 0.348. The fourth-order valence-corrected chi connectivity index (χ4v) is 4.22. The molecule has 0 saturated carbocycles. The second-order valence-corrected chi connectivity index (χ2v) is 8.62. The van der Waals surface area contributed by atoms with Crippen molar-refractivity contribution in [3.05, 3.63) is 64.0 Å². The Hall–Kier alpha value is -2.54. The van der Waals surface area contributed by atoms with E-state index >= 15 is 0 Å². The van der Waals surface area contributed by atoms with Crippen molar-refractivity contribution < 1.29 is 27.4 Å². The van der Waals surface area contributed by atoms with Crippen LogP contribution >= 0.6 is 11.3 Å². The molecule has 0 amide bonds. The molecule has 2 aromatic carbocycles. The van der Waals surface area contributed by atoms with E-state index < -0.39 is 17.7 Å². The summed E-state index contributed by atoms with van der Waals surface area (Å²) in [7, 11) is 1.30. The summed E-state index contributed by atoms with van der Waals surface area (Å²) in [4.78, 5) is 13.4. The predicted molar refractivity (Wildman–Crippen MR) is 112 cm³/mol. The van der Waals surface area contributed by atoms with Crippen LogP contribution in [0.5, 0.6) is 5.75 Å². The first-order valence-corrected chi connectivity index (χ1v) is 10.4. The van der Waals surface area contributed by atoms with Gasteiger partial charge in [-0.3, -0.25) is 0 Å². The van der Waals surface area contributed by atoms with Gasteiger partial charge in [0.25, 0.3) is 0 Å². The minimum Gasteiger partial charge on any atom is -0.486 e. The molecule has 3 nitrogen and oxygen atoms in total. The summed E-state index contributed by atoms with van der Waals surface area (Å²) < 4.78 is 49.9. The van der Waals surface area contributed by atoms with Gasteiger partial charge in [0.15, 0.2) is 5.75 Å². The van der Waals surface area contributed by atoms with E-state index in [1.165, 1.54) is 24.1 Å². The smallest absolute Gasteiger partial charge is 0.416 e. The van der Waals surface area contributed by atoms with Crippen LogP contribution in [0.25, 0.3) is 10.1 Å². The van der Waals surface area contributed by atoms with Gasteiger partial charge in [-0.05, 0) is 54.0 Å². The number of rotatable bonds is 7. The third-order valence-electron chi connectivity index (χ3n) is 4.73. The molecule has 0 aliphatic rings. The van der Waals surface area contributed by atoms with Gasteiger partial charge in [0, 0.05) is 4.88 Å². The molecule has 30 heavy (non-hydrogen) atoms. The Balaban J connectivity index is 1.90. The number of thiophene rings is 1. The predicted octanol–water partition coefficient (Wildman–Crippen LogP) is 6.87. The van der Waals surface area contributed by atoms with Crippen LogP contribution in [0.4, 0.5) is 13.2 Å². The van der Waals surface area contributed by atoms with Crippen LogP contribution in [0.3, 0.4) is 0 Å². The Morgan fingerprint density at radius 3 is 2.40 bits per heavy atom. The zero-order valence-electron chi connectivity index (χ0n) is 17.0. The molecular formula is C23H23F3O3S. The zero-order chi connectivity index (χ0) is 21.9. The molecule has 0 spiro atoms. The molecule has 0 atom stereocenters. The van der Waals surface area contributed by atoms with Gasteiger partial charge in [-0.1, -0.05) is 32.0 Å². The van der Waals surface area contributed by atoms with E-state index in [4.69, 9.17) is 9.47 Å². The summed E-state index contributed by atoms with van der Waals surface area (Å²) in [6.45, 7) is 4.38. The lowest BCUT2D eigenvalue weighted by molar-refractivity contribution is -0.137. The Labute approximate surface area is 177 Å². The first kappa shape index (κ1) is 22.2. The number of esters is 1. The van der Waals surface area contributed by atoms with Gasteiger partial charge in [0.05, 0.1) is 17.4 Å². The van der Waals surface area contributed by atoms with E-state index in [2.05, 4.69) is 19.9 Å².